The molecule has 1 atom stereocenters. The average Bonchev–Trinajstić information content (AvgIpc) is 2.99. The Morgan fingerprint density at radius 1 is 1.33 bits per heavy atom. The van der Waals surface area contributed by atoms with Gasteiger partial charge in [-0.3, -0.25) is 4.90 Å². The van der Waals surface area contributed by atoms with Crippen molar-refractivity contribution in [1.29, 1.82) is 0 Å². The molecular formula is C18H27N5O. The fourth-order valence-corrected chi connectivity index (χ4v) is 3.13. The van der Waals surface area contributed by atoms with Gasteiger partial charge in [-0.1, -0.05) is 13.3 Å². The summed E-state index contributed by atoms with van der Waals surface area (Å²) in [6.45, 7) is 9.52. The maximum atomic E-state index is 5.94. The van der Waals surface area contributed by atoms with E-state index in [0.29, 0.717) is 0 Å². The van der Waals surface area contributed by atoms with E-state index in [2.05, 4.69) is 31.8 Å². The van der Waals surface area contributed by atoms with Gasteiger partial charge in [0.2, 0.25) is 0 Å². The van der Waals surface area contributed by atoms with E-state index in [1.165, 1.54) is 18.5 Å². The molecule has 6 heteroatoms. The molecule has 6 nitrogen and oxygen atoms in total. The van der Waals surface area contributed by atoms with Crippen molar-refractivity contribution in [2.45, 2.75) is 52.7 Å². The molecule has 2 aromatic rings. The van der Waals surface area contributed by atoms with Crippen LogP contribution < -0.4 is 0 Å². The Bertz CT molecular complexity index is 649. The van der Waals surface area contributed by atoms with Gasteiger partial charge in [0.15, 0.2) is 0 Å². The van der Waals surface area contributed by atoms with E-state index in [0.717, 1.165) is 55.7 Å². The maximum Gasteiger partial charge on any atom is 0.125 e. The van der Waals surface area contributed by atoms with Gasteiger partial charge in [-0.25, -0.2) is 15.0 Å². The van der Waals surface area contributed by atoms with E-state index >= 15 is 0 Å². The van der Waals surface area contributed by atoms with Crippen molar-refractivity contribution >= 4 is 0 Å². The Kier molecular flexibility index (Phi) is 5.58. The highest BCUT2D eigenvalue weighted by molar-refractivity contribution is 5.13. The Labute approximate surface area is 143 Å². The zero-order chi connectivity index (χ0) is 16.9. The number of aromatic amines is 1. The third kappa shape index (κ3) is 4.39. The van der Waals surface area contributed by atoms with E-state index < -0.39 is 0 Å². The molecule has 0 spiro atoms. The van der Waals surface area contributed by atoms with E-state index in [-0.39, 0.29) is 6.10 Å². The molecule has 2 aromatic heterocycles. The highest BCUT2D eigenvalue weighted by Crippen LogP contribution is 2.22. The molecule has 0 radical (unpaired) electrons. The number of H-pyrrole nitrogens is 1. The van der Waals surface area contributed by atoms with Crippen molar-refractivity contribution in [3.63, 3.8) is 0 Å². The molecule has 1 saturated heterocycles. The van der Waals surface area contributed by atoms with Crippen molar-refractivity contribution in [2.75, 3.05) is 19.7 Å². The third-order valence-corrected chi connectivity index (χ3v) is 4.31. The minimum Gasteiger partial charge on any atom is -0.369 e. The van der Waals surface area contributed by atoms with Gasteiger partial charge in [0, 0.05) is 43.6 Å². The first-order valence-corrected chi connectivity index (χ1v) is 8.83. The number of aryl methyl sites for hydroxylation is 3. The Balaban J connectivity index is 1.62. The predicted molar refractivity (Wildman–Crippen MR) is 92.7 cm³/mol. The topological polar surface area (TPSA) is 66.9 Å². The number of morpholine rings is 1. The molecule has 0 amide bonds. The number of hydrogen-bond donors (Lipinski definition) is 1. The second-order valence-electron chi connectivity index (χ2n) is 6.53. The van der Waals surface area contributed by atoms with Crippen molar-refractivity contribution < 1.29 is 4.74 Å². The molecular weight excluding hydrogens is 302 g/mol. The molecule has 0 unspecified atom stereocenters. The lowest BCUT2D eigenvalue weighted by Gasteiger charge is -2.32. The molecule has 24 heavy (non-hydrogen) atoms. The first-order chi connectivity index (χ1) is 11.6. The number of imidazole rings is 1. The van der Waals surface area contributed by atoms with Crippen LogP contribution in [0.25, 0.3) is 0 Å². The van der Waals surface area contributed by atoms with Crippen LogP contribution in [0.2, 0.25) is 0 Å². The van der Waals surface area contributed by atoms with Crippen LogP contribution in [0, 0.1) is 13.8 Å². The lowest BCUT2D eigenvalue weighted by Crippen LogP contribution is -2.38. The summed E-state index contributed by atoms with van der Waals surface area (Å²) in [7, 11) is 0. The highest BCUT2D eigenvalue weighted by atomic mass is 16.5. The highest BCUT2D eigenvalue weighted by Gasteiger charge is 2.24. The summed E-state index contributed by atoms with van der Waals surface area (Å²) < 4.78 is 5.94. The summed E-state index contributed by atoms with van der Waals surface area (Å²) in [4.78, 5) is 19.2. The summed E-state index contributed by atoms with van der Waals surface area (Å²) >= 11 is 0. The van der Waals surface area contributed by atoms with Gasteiger partial charge in [0.1, 0.15) is 17.8 Å². The number of unbranched alkanes of at least 4 members (excludes halogenated alkanes) is 1. The van der Waals surface area contributed by atoms with Crippen LogP contribution in [0.5, 0.6) is 0 Å². The lowest BCUT2D eigenvalue weighted by molar-refractivity contribution is -0.0354. The summed E-state index contributed by atoms with van der Waals surface area (Å²) in [6.07, 6.45) is 5.38. The molecule has 0 aliphatic carbocycles. The van der Waals surface area contributed by atoms with Gasteiger partial charge in [-0.05, 0) is 26.3 Å². The van der Waals surface area contributed by atoms with Crippen LogP contribution in [0.1, 0.15) is 54.6 Å². The minimum absolute atomic E-state index is 0.0154. The molecule has 0 aromatic carbocycles. The van der Waals surface area contributed by atoms with Gasteiger partial charge < -0.3 is 9.72 Å². The van der Waals surface area contributed by atoms with Gasteiger partial charge in [-0.15, -0.1) is 0 Å². The first kappa shape index (κ1) is 17.0. The molecule has 3 heterocycles. The number of aromatic nitrogens is 4. The van der Waals surface area contributed by atoms with Crippen molar-refractivity contribution in [3.8, 4) is 0 Å². The normalized spacial score (nSPS) is 18.9. The van der Waals surface area contributed by atoms with Crippen LogP contribution >= 0.6 is 0 Å². The van der Waals surface area contributed by atoms with Gasteiger partial charge in [0.25, 0.3) is 0 Å². The molecule has 1 fully saturated rings. The standard InChI is InChI=1S/C18H27N5O/c1-4-5-6-18-19-10-15(22-18)11-23-7-8-24-17(12-23)16-9-13(2)20-14(3)21-16/h9-10,17H,4-8,11-12H2,1-3H3,(H,19,22)/t17-/m0/s1. The summed E-state index contributed by atoms with van der Waals surface area (Å²) in [5.41, 5.74) is 3.15. The van der Waals surface area contributed by atoms with Gasteiger partial charge in [-0.2, -0.15) is 0 Å². The fraction of sp³-hybridized carbons (Fsp3) is 0.611. The molecule has 1 aliphatic rings. The Morgan fingerprint density at radius 2 is 2.21 bits per heavy atom. The van der Waals surface area contributed by atoms with Gasteiger partial charge >= 0.3 is 0 Å². The van der Waals surface area contributed by atoms with Crippen LogP contribution in [0.15, 0.2) is 12.3 Å². The monoisotopic (exact) mass is 329 g/mol. The largest absolute Gasteiger partial charge is 0.369 e. The van der Waals surface area contributed by atoms with Crippen LogP contribution in [0.3, 0.4) is 0 Å². The van der Waals surface area contributed by atoms with E-state index in [4.69, 9.17) is 4.74 Å². The summed E-state index contributed by atoms with van der Waals surface area (Å²) in [5, 5.41) is 0. The van der Waals surface area contributed by atoms with Crippen LogP contribution in [-0.2, 0) is 17.7 Å². The quantitative estimate of drug-likeness (QED) is 0.882. The fourth-order valence-electron chi connectivity index (χ4n) is 3.13. The Hall–Kier alpha value is -1.79. The molecule has 3 rings (SSSR count). The van der Waals surface area contributed by atoms with Crippen LogP contribution in [0.4, 0.5) is 0 Å². The van der Waals surface area contributed by atoms with E-state index in [1.807, 2.05) is 26.1 Å². The predicted octanol–water partition coefficient (Wildman–Crippen LogP) is 2.73. The summed E-state index contributed by atoms with van der Waals surface area (Å²) in [5.74, 6) is 1.90. The van der Waals surface area contributed by atoms with Crippen molar-refractivity contribution in [3.05, 3.63) is 41.0 Å². The lowest BCUT2D eigenvalue weighted by atomic mass is 10.1. The molecule has 0 bridgehead atoms. The second kappa shape index (κ2) is 7.85. The Morgan fingerprint density at radius 3 is 3.00 bits per heavy atom. The number of ether oxygens (including phenoxy) is 1. The van der Waals surface area contributed by atoms with Gasteiger partial charge in [0.05, 0.1) is 12.3 Å². The zero-order valence-corrected chi connectivity index (χ0v) is 14.9. The smallest absolute Gasteiger partial charge is 0.125 e. The third-order valence-electron chi connectivity index (χ3n) is 4.31. The van der Waals surface area contributed by atoms with Crippen LogP contribution in [-0.4, -0.2) is 44.5 Å². The number of nitrogens with one attached hydrogen (secondary N) is 1. The SMILES string of the molecule is CCCCc1ncc(CN2CCO[C@H](c3cc(C)nc(C)n3)C2)[nH]1. The van der Waals surface area contributed by atoms with Crippen molar-refractivity contribution in [1.82, 2.24) is 24.8 Å². The molecule has 130 valence electrons. The minimum atomic E-state index is 0.0154. The molecule has 1 aliphatic heterocycles. The van der Waals surface area contributed by atoms with E-state index in [9.17, 15) is 0 Å². The first-order valence-electron chi connectivity index (χ1n) is 8.83. The molecule has 1 N–H and O–H groups in total. The summed E-state index contributed by atoms with van der Waals surface area (Å²) in [6, 6.07) is 2.03. The number of rotatable bonds is 6. The average molecular weight is 329 g/mol. The molecule has 0 saturated carbocycles. The van der Waals surface area contributed by atoms with Crippen molar-refractivity contribution in [2.24, 2.45) is 0 Å². The van der Waals surface area contributed by atoms with E-state index in [1.54, 1.807) is 0 Å². The maximum absolute atomic E-state index is 5.94. The second-order valence-corrected chi connectivity index (χ2v) is 6.53. The number of nitrogens with zero attached hydrogens (tertiary/aromatic N) is 4. The zero-order valence-electron chi connectivity index (χ0n) is 14.9. The number of hydrogen-bond acceptors (Lipinski definition) is 5.